The summed E-state index contributed by atoms with van der Waals surface area (Å²) in [6.07, 6.45) is 3.51. The largest absolute Gasteiger partial charge is 0.507 e. The molecule has 2 aromatic rings. The van der Waals surface area contributed by atoms with Gasteiger partial charge in [-0.3, -0.25) is 9.59 Å². The fraction of sp³-hybridized carbons (Fsp3) is 0.417. The van der Waals surface area contributed by atoms with Crippen LogP contribution in [0.2, 0.25) is 0 Å². The number of nitrogens with zero attached hydrogens (tertiary/aromatic N) is 3. The molecule has 1 aliphatic heterocycles. The van der Waals surface area contributed by atoms with Gasteiger partial charge in [-0.15, -0.1) is 0 Å². The molecule has 4 atom stereocenters. The average Bonchev–Trinajstić information content (AvgIpc) is 2.98. The van der Waals surface area contributed by atoms with Gasteiger partial charge in [-0.2, -0.15) is 0 Å². The number of rotatable bonds is 1. The van der Waals surface area contributed by atoms with Crippen molar-refractivity contribution in [2.24, 2.45) is 18.4 Å². The molecule has 2 heterocycles. The van der Waals surface area contributed by atoms with Crippen molar-refractivity contribution < 1.29 is 14.7 Å². The first-order chi connectivity index (χ1) is 15.1. The van der Waals surface area contributed by atoms with Crippen molar-refractivity contribution in [1.82, 2.24) is 13.9 Å². The molecule has 0 bridgehead atoms. The Bertz CT molecular complexity index is 1390. The highest BCUT2D eigenvalue weighted by atomic mass is 16.3. The molecule has 1 aromatic carbocycles. The predicted molar refractivity (Wildman–Crippen MR) is 117 cm³/mol. The zero-order valence-electron chi connectivity index (χ0n) is 18.5. The predicted octanol–water partition coefficient (Wildman–Crippen LogP) is 1.75. The highest BCUT2D eigenvalue weighted by molar-refractivity contribution is 6.13. The maximum absolute atomic E-state index is 13.6. The van der Waals surface area contributed by atoms with E-state index in [0.717, 1.165) is 10.1 Å². The molecular formula is C24H25N3O5. The van der Waals surface area contributed by atoms with Gasteiger partial charge in [-0.1, -0.05) is 31.2 Å². The molecule has 1 N–H and O–H groups in total. The zero-order valence-corrected chi connectivity index (χ0v) is 18.5. The highest BCUT2D eigenvalue weighted by Crippen LogP contribution is 2.60. The van der Waals surface area contributed by atoms with Gasteiger partial charge < -0.3 is 5.11 Å². The number of aromatic hydroxyl groups is 1. The fourth-order valence-corrected chi connectivity index (χ4v) is 6.03. The fourth-order valence-electron chi connectivity index (χ4n) is 6.03. The number of hydrogen-bond acceptors (Lipinski definition) is 5. The van der Waals surface area contributed by atoms with Crippen LogP contribution in [-0.4, -0.2) is 30.6 Å². The first-order valence-electron chi connectivity index (χ1n) is 10.7. The number of ketones is 2. The summed E-state index contributed by atoms with van der Waals surface area (Å²) < 4.78 is 3.85. The Kier molecular flexibility index (Phi) is 4.19. The molecule has 1 fully saturated rings. The van der Waals surface area contributed by atoms with Gasteiger partial charge in [0.05, 0.1) is 18.0 Å². The average molecular weight is 435 g/mol. The molecule has 5 rings (SSSR count). The number of benzene rings is 1. The van der Waals surface area contributed by atoms with Crippen LogP contribution in [-0.2, 0) is 23.2 Å². The van der Waals surface area contributed by atoms with Crippen LogP contribution in [0, 0.1) is 18.3 Å². The molecular weight excluding hydrogens is 410 g/mol. The molecule has 4 unspecified atom stereocenters. The topological polar surface area (TPSA) is 103 Å². The Morgan fingerprint density at radius 3 is 2.53 bits per heavy atom. The molecule has 0 amide bonds. The highest BCUT2D eigenvalue weighted by Gasteiger charge is 2.59. The zero-order chi connectivity index (χ0) is 23.1. The molecule has 2 aliphatic carbocycles. The van der Waals surface area contributed by atoms with Gasteiger partial charge in [0.1, 0.15) is 5.75 Å². The minimum Gasteiger partial charge on any atom is -0.507 e. The normalized spacial score (nSPS) is 29.1. The molecule has 3 aliphatic rings. The third-order valence-electron chi connectivity index (χ3n) is 7.68. The minimum absolute atomic E-state index is 0.0786. The Labute approximate surface area is 184 Å². The van der Waals surface area contributed by atoms with Crippen molar-refractivity contribution in [3.05, 3.63) is 73.6 Å². The second-order valence-electron chi connectivity index (χ2n) is 9.35. The molecule has 32 heavy (non-hydrogen) atoms. The standard InChI is InChI=1S/C24H25N3O5/c1-12-6-5-7-15(20(12)29)19-14-8-9-26-22(31)25(4)23(32)27(26)17(14)11-16-18(28)10-13(2)21(30)24(16,19)3/h5-8,10,16-17,19,29H,9,11H2,1-4H3. The molecule has 166 valence electrons. The number of phenols is 1. The van der Waals surface area contributed by atoms with Crippen LogP contribution < -0.4 is 11.4 Å². The molecule has 8 nitrogen and oxygen atoms in total. The lowest BCUT2D eigenvalue weighted by atomic mass is 9.50. The first kappa shape index (κ1) is 20.5. The van der Waals surface area contributed by atoms with E-state index in [1.807, 2.05) is 12.1 Å². The Balaban J connectivity index is 1.83. The first-order valence-corrected chi connectivity index (χ1v) is 10.7. The summed E-state index contributed by atoms with van der Waals surface area (Å²) in [5.74, 6) is -1.50. The SMILES string of the molecule is CC1=CC(=O)C2CC3C(=CCn4c(=O)n(C)c(=O)n43)C(c3cccc(C)c3O)C2(C)C1=O. The van der Waals surface area contributed by atoms with E-state index in [1.54, 1.807) is 32.9 Å². The van der Waals surface area contributed by atoms with E-state index in [9.17, 15) is 24.3 Å². The quantitative estimate of drug-likeness (QED) is 0.688. The van der Waals surface area contributed by atoms with E-state index in [4.69, 9.17) is 0 Å². The van der Waals surface area contributed by atoms with Gasteiger partial charge in [0.25, 0.3) is 0 Å². The van der Waals surface area contributed by atoms with E-state index in [0.29, 0.717) is 16.7 Å². The van der Waals surface area contributed by atoms with Crippen LogP contribution in [0.5, 0.6) is 5.75 Å². The molecule has 1 aromatic heterocycles. The van der Waals surface area contributed by atoms with Gasteiger partial charge in [0.15, 0.2) is 11.6 Å². The summed E-state index contributed by atoms with van der Waals surface area (Å²) in [7, 11) is 1.43. The lowest BCUT2D eigenvalue weighted by Crippen LogP contribution is -2.54. The number of aromatic nitrogens is 3. The van der Waals surface area contributed by atoms with E-state index in [1.165, 1.54) is 22.5 Å². The van der Waals surface area contributed by atoms with Crippen LogP contribution in [0.15, 0.2) is 51.1 Å². The maximum Gasteiger partial charge on any atom is 0.347 e. The van der Waals surface area contributed by atoms with Crippen molar-refractivity contribution in [3.8, 4) is 5.75 Å². The van der Waals surface area contributed by atoms with Crippen LogP contribution in [0.1, 0.15) is 43.4 Å². The van der Waals surface area contributed by atoms with E-state index in [2.05, 4.69) is 0 Å². The Hall–Kier alpha value is -3.42. The number of carbonyl (C=O) groups is 2. The smallest absolute Gasteiger partial charge is 0.347 e. The van der Waals surface area contributed by atoms with E-state index < -0.39 is 34.7 Å². The molecule has 0 spiro atoms. The number of Topliss-reactive ketones (excluding diaryl/α,β-unsaturated/α-hetero) is 1. The third kappa shape index (κ3) is 2.37. The van der Waals surface area contributed by atoms with E-state index in [-0.39, 0.29) is 30.3 Å². The van der Waals surface area contributed by atoms with Crippen molar-refractivity contribution in [3.63, 3.8) is 0 Å². The Morgan fingerprint density at radius 2 is 1.81 bits per heavy atom. The lowest BCUT2D eigenvalue weighted by Gasteiger charge is -2.52. The summed E-state index contributed by atoms with van der Waals surface area (Å²) in [6.45, 7) is 5.41. The molecule has 0 radical (unpaired) electrons. The summed E-state index contributed by atoms with van der Waals surface area (Å²) in [6, 6.07) is 4.82. The second kappa shape index (κ2) is 6.54. The number of para-hydroxylation sites is 1. The van der Waals surface area contributed by atoms with Gasteiger partial charge >= 0.3 is 11.4 Å². The Morgan fingerprint density at radius 1 is 1.09 bits per heavy atom. The van der Waals surface area contributed by atoms with Gasteiger partial charge in [-0.05, 0) is 43.1 Å². The second-order valence-corrected chi connectivity index (χ2v) is 9.35. The van der Waals surface area contributed by atoms with Crippen molar-refractivity contribution >= 4 is 11.6 Å². The summed E-state index contributed by atoms with van der Waals surface area (Å²) >= 11 is 0. The number of allylic oxidation sites excluding steroid dienone is 4. The minimum atomic E-state index is -1.11. The number of phenolic OH excluding ortho intramolecular Hbond substituents is 1. The van der Waals surface area contributed by atoms with Gasteiger partial charge in [0, 0.05) is 24.4 Å². The van der Waals surface area contributed by atoms with Crippen LogP contribution >= 0.6 is 0 Å². The number of hydrogen-bond donors (Lipinski definition) is 1. The van der Waals surface area contributed by atoms with Crippen molar-refractivity contribution in [2.75, 3.05) is 0 Å². The maximum atomic E-state index is 13.6. The number of carbonyl (C=O) groups excluding carboxylic acids is 2. The lowest BCUT2D eigenvalue weighted by molar-refractivity contribution is -0.139. The monoisotopic (exact) mass is 435 g/mol. The van der Waals surface area contributed by atoms with E-state index >= 15 is 0 Å². The number of aryl methyl sites for hydroxylation is 1. The van der Waals surface area contributed by atoms with Crippen LogP contribution in [0.4, 0.5) is 0 Å². The molecule has 8 heteroatoms. The molecule has 0 saturated heterocycles. The summed E-state index contributed by atoms with van der Waals surface area (Å²) in [5, 5.41) is 11.0. The van der Waals surface area contributed by atoms with Gasteiger partial charge in [-0.25, -0.2) is 23.5 Å². The van der Waals surface area contributed by atoms with Crippen molar-refractivity contribution in [2.45, 2.75) is 45.7 Å². The third-order valence-corrected chi connectivity index (χ3v) is 7.68. The van der Waals surface area contributed by atoms with Crippen LogP contribution in [0.25, 0.3) is 0 Å². The molecule has 1 saturated carbocycles. The van der Waals surface area contributed by atoms with Crippen molar-refractivity contribution in [1.29, 1.82) is 0 Å². The summed E-state index contributed by atoms with van der Waals surface area (Å²) in [4.78, 5) is 52.3. The summed E-state index contributed by atoms with van der Waals surface area (Å²) in [5.41, 5.74) is 0.423. The van der Waals surface area contributed by atoms with Crippen LogP contribution in [0.3, 0.4) is 0 Å². The number of fused-ring (bicyclic) bond motifs is 4. The van der Waals surface area contributed by atoms with Gasteiger partial charge in [0.2, 0.25) is 0 Å².